The van der Waals surface area contributed by atoms with Gasteiger partial charge in [0.1, 0.15) is 0 Å². The van der Waals surface area contributed by atoms with Crippen LogP contribution in [0, 0.1) is 0 Å². The largest absolute Gasteiger partial charge is 0.323 e. The minimum absolute atomic E-state index is 0.165. The molecule has 2 aromatic rings. The van der Waals surface area contributed by atoms with Gasteiger partial charge in [0.15, 0.2) is 0 Å². The summed E-state index contributed by atoms with van der Waals surface area (Å²) in [6.45, 7) is 0.960. The zero-order valence-corrected chi connectivity index (χ0v) is 14.4. The van der Waals surface area contributed by atoms with Crippen molar-refractivity contribution < 1.29 is 8.42 Å². The summed E-state index contributed by atoms with van der Waals surface area (Å²) in [5, 5.41) is 3.13. The van der Waals surface area contributed by atoms with Crippen LogP contribution < -0.4 is 11.0 Å². The van der Waals surface area contributed by atoms with Crippen molar-refractivity contribution in [3.05, 3.63) is 27.1 Å². The predicted molar refractivity (Wildman–Crippen MR) is 87.5 cm³/mol. The summed E-state index contributed by atoms with van der Waals surface area (Å²) in [5.41, 5.74) is 0.696. The van der Waals surface area contributed by atoms with Gasteiger partial charge in [-0.15, -0.1) is 0 Å². The fraction of sp³-hybridized carbons (Fsp3) is 0.462. The number of hydrogen-bond donors (Lipinski definition) is 3. The highest BCUT2D eigenvalue weighted by Crippen LogP contribution is 2.29. The smallest absolute Gasteiger partial charge is 0.316 e. The van der Waals surface area contributed by atoms with Crippen molar-refractivity contribution in [1.82, 2.24) is 19.6 Å². The number of aromatic nitrogens is 2. The molecule has 2 heterocycles. The lowest BCUT2D eigenvalue weighted by Crippen LogP contribution is -2.46. The van der Waals surface area contributed by atoms with Gasteiger partial charge in [0.05, 0.1) is 15.9 Å². The van der Waals surface area contributed by atoms with E-state index in [0.29, 0.717) is 28.6 Å². The molecule has 1 unspecified atom stereocenters. The van der Waals surface area contributed by atoms with Crippen molar-refractivity contribution in [2.24, 2.45) is 0 Å². The van der Waals surface area contributed by atoms with Crippen LogP contribution in [-0.4, -0.2) is 48.9 Å². The summed E-state index contributed by atoms with van der Waals surface area (Å²) in [6, 6.07) is 3.27. The van der Waals surface area contributed by atoms with E-state index in [9.17, 15) is 13.2 Å². The third-order valence-corrected chi connectivity index (χ3v) is 6.80. The first-order valence-corrected chi connectivity index (χ1v) is 9.24. The first-order valence-electron chi connectivity index (χ1n) is 7.01. The molecule has 120 valence electrons. The molecule has 7 nitrogen and oxygen atoms in total. The van der Waals surface area contributed by atoms with Crippen LogP contribution in [0.1, 0.15) is 12.8 Å². The Kier molecular flexibility index (Phi) is 4.15. The molecule has 1 saturated heterocycles. The van der Waals surface area contributed by atoms with Crippen LogP contribution in [0.2, 0.25) is 0 Å². The average molecular weight is 389 g/mol. The molecule has 3 N–H and O–H groups in total. The van der Waals surface area contributed by atoms with Crippen LogP contribution >= 0.6 is 15.9 Å². The number of aromatic amines is 2. The lowest BCUT2D eigenvalue weighted by molar-refractivity contribution is 0.293. The monoisotopic (exact) mass is 388 g/mol. The van der Waals surface area contributed by atoms with Gasteiger partial charge in [-0.05, 0) is 48.0 Å². The minimum Gasteiger partial charge on any atom is -0.316 e. The van der Waals surface area contributed by atoms with E-state index in [1.807, 2.05) is 7.05 Å². The second-order valence-electron chi connectivity index (χ2n) is 5.40. The highest BCUT2D eigenvalue weighted by Gasteiger charge is 2.31. The molecule has 9 heteroatoms. The summed E-state index contributed by atoms with van der Waals surface area (Å²) < 4.78 is 27.7. The highest BCUT2D eigenvalue weighted by atomic mass is 79.9. The second-order valence-corrected chi connectivity index (χ2v) is 8.16. The Morgan fingerprint density at radius 1 is 1.32 bits per heavy atom. The van der Waals surface area contributed by atoms with E-state index >= 15 is 0 Å². The lowest BCUT2D eigenvalue weighted by Gasteiger charge is -2.31. The Bertz CT molecular complexity index is 858. The van der Waals surface area contributed by atoms with Crippen molar-refractivity contribution in [3.8, 4) is 0 Å². The zero-order valence-electron chi connectivity index (χ0n) is 12.0. The predicted octanol–water partition coefficient (Wildman–Crippen LogP) is 0.991. The summed E-state index contributed by atoms with van der Waals surface area (Å²) in [7, 11) is -1.77. The number of fused-ring (bicyclic) bond motifs is 1. The van der Waals surface area contributed by atoms with Crippen LogP contribution in [0.25, 0.3) is 11.0 Å². The van der Waals surface area contributed by atoms with E-state index in [-0.39, 0.29) is 16.6 Å². The van der Waals surface area contributed by atoms with E-state index < -0.39 is 10.0 Å². The van der Waals surface area contributed by atoms with Gasteiger partial charge in [-0.2, -0.15) is 4.31 Å². The molecule has 1 atom stereocenters. The normalized spacial score (nSPS) is 20.5. The molecule has 3 rings (SSSR count). The van der Waals surface area contributed by atoms with Gasteiger partial charge >= 0.3 is 5.69 Å². The Hall–Kier alpha value is -1.16. The Morgan fingerprint density at radius 2 is 2.00 bits per heavy atom. The molecule has 1 aliphatic rings. The fourth-order valence-electron chi connectivity index (χ4n) is 2.77. The first kappa shape index (κ1) is 15.7. The molecule has 1 fully saturated rings. The quantitative estimate of drug-likeness (QED) is 0.729. The summed E-state index contributed by atoms with van der Waals surface area (Å²) in [5.74, 6) is 0. The SMILES string of the molecule is CNC1CCCN(S(=O)(=O)c2cc3[nH]c(=O)[nH]c3cc2Br)C1. The molecule has 1 aliphatic heterocycles. The first-order chi connectivity index (χ1) is 10.4. The maximum Gasteiger partial charge on any atom is 0.323 e. The number of piperidine rings is 1. The Balaban J connectivity index is 2.04. The van der Waals surface area contributed by atoms with Crippen molar-refractivity contribution in [1.29, 1.82) is 0 Å². The number of nitrogens with one attached hydrogen (secondary N) is 3. The molecule has 1 aromatic heterocycles. The maximum absolute atomic E-state index is 12.9. The molecule has 0 amide bonds. The molecular weight excluding hydrogens is 372 g/mol. The minimum atomic E-state index is -3.61. The van der Waals surface area contributed by atoms with Crippen molar-refractivity contribution >= 4 is 37.0 Å². The van der Waals surface area contributed by atoms with Crippen LogP contribution in [0.4, 0.5) is 0 Å². The van der Waals surface area contributed by atoms with E-state index in [4.69, 9.17) is 0 Å². The number of halogens is 1. The summed E-state index contributed by atoms with van der Waals surface area (Å²) in [6.07, 6.45) is 1.79. The van der Waals surface area contributed by atoms with E-state index in [1.54, 1.807) is 6.07 Å². The van der Waals surface area contributed by atoms with Crippen molar-refractivity contribution in [3.63, 3.8) is 0 Å². The lowest BCUT2D eigenvalue weighted by atomic mass is 10.1. The molecule has 0 saturated carbocycles. The van der Waals surface area contributed by atoms with E-state index in [1.165, 1.54) is 10.4 Å². The molecule has 0 spiro atoms. The van der Waals surface area contributed by atoms with Gasteiger partial charge < -0.3 is 15.3 Å². The number of likely N-dealkylation sites (N-methyl/N-ethyl adjacent to an activating group) is 1. The number of nitrogens with zero attached hydrogens (tertiary/aromatic N) is 1. The van der Waals surface area contributed by atoms with Crippen molar-refractivity contribution in [2.45, 2.75) is 23.8 Å². The molecule has 0 radical (unpaired) electrons. The van der Waals surface area contributed by atoms with Gasteiger partial charge in [0.25, 0.3) is 0 Å². The second kappa shape index (κ2) is 5.80. The van der Waals surface area contributed by atoms with E-state index in [2.05, 4.69) is 31.2 Å². The molecule has 0 aliphatic carbocycles. The fourth-order valence-corrected chi connectivity index (χ4v) is 5.32. The third kappa shape index (κ3) is 2.73. The van der Waals surface area contributed by atoms with Crippen LogP contribution in [0.3, 0.4) is 0 Å². The molecule has 22 heavy (non-hydrogen) atoms. The topological polar surface area (TPSA) is 98.1 Å². The number of imidazole rings is 1. The van der Waals surface area contributed by atoms with Crippen LogP contribution in [0.5, 0.6) is 0 Å². The molecule has 1 aromatic carbocycles. The van der Waals surface area contributed by atoms with Gasteiger partial charge in [0, 0.05) is 23.6 Å². The number of H-pyrrole nitrogens is 2. The highest BCUT2D eigenvalue weighted by molar-refractivity contribution is 9.10. The Morgan fingerprint density at radius 3 is 2.68 bits per heavy atom. The zero-order chi connectivity index (χ0) is 15.9. The van der Waals surface area contributed by atoms with Crippen LogP contribution in [-0.2, 0) is 10.0 Å². The van der Waals surface area contributed by atoms with Gasteiger partial charge in [-0.25, -0.2) is 13.2 Å². The molecule has 0 bridgehead atoms. The number of sulfonamides is 1. The van der Waals surface area contributed by atoms with Gasteiger partial charge in [0.2, 0.25) is 10.0 Å². The average Bonchev–Trinajstić information content (AvgIpc) is 2.85. The summed E-state index contributed by atoms with van der Waals surface area (Å²) >= 11 is 3.30. The van der Waals surface area contributed by atoms with Gasteiger partial charge in [-0.1, -0.05) is 0 Å². The van der Waals surface area contributed by atoms with Crippen molar-refractivity contribution in [2.75, 3.05) is 20.1 Å². The Labute approximate surface area is 136 Å². The number of rotatable bonds is 3. The van der Waals surface area contributed by atoms with E-state index in [0.717, 1.165) is 12.8 Å². The third-order valence-electron chi connectivity index (χ3n) is 3.98. The number of benzene rings is 1. The standard InChI is InChI=1S/C13H17BrN4O3S/c1-15-8-3-2-4-18(7-8)22(20,21)12-6-11-10(5-9(12)14)16-13(19)17-11/h5-6,8,15H,2-4,7H2,1H3,(H2,16,17,19). The number of hydrogen-bond acceptors (Lipinski definition) is 4. The van der Waals surface area contributed by atoms with Gasteiger partial charge in [-0.3, -0.25) is 0 Å². The maximum atomic E-state index is 12.9. The van der Waals surface area contributed by atoms with Crippen LogP contribution in [0.15, 0.2) is 26.3 Å². The summed E-state index contributed by atoms with van der Waals surface area (Å²) in [4.78, 5) is 16.7. The molecular formula is C13H17BrN4O3S.